The molecule has 1 saturated heterocycles. The number of aromatic nitrogens is 4. The lowest BCUT2D eigenvalue weighted by molar-refractivity contribution is -0.0948. The van der Waals surface area contributed by atoms with Gasteiger partial charge in [-0.25, -0.2) is 4.98 Å². The SMILES string of the molecule is C[C@@]1(O)[C@H](O)[C@@H](COP(=O)(O)CO[P+](=O)O)O[C@H]1n1cnc2c(NC3CCCC3)nc(Cl)nc21. The van der Waals surface area contributed by atoms with Crippen LogP contribution in [-0.4, -0.2) is 76.3 Å². The predicted molar refractivity (Wildman–Crippen MR) is 118 cm³/mol. The van der Waals surface area contributed by atoms with Crippen LogP contribution in [0.2, 0.25) is 5.28 Å². The van der Waals surface area contributed by atoms with Crippen molar-refractivity contribution in [2.45, 2.75) is 62.7 Å². The van der Waals surface area contributed by atoms with Gasteiger partial charge in [0.1, 0.15) is 17.8 Å². The number of aliphatic hydroxyl groups is 2. The first-order valence-corrected chi connectivity index (χ1v) is 13.7. The highest BCUT2D eigenvalue weighted by atomic mass is 35.5. The zero-order valence-corrected chi connectivity index (χ0v) is 20.6. The van der Waals surface area contributed by atoms with E-state index in [1.165, 1.54) is 17.8 Å². The summed E-state index contributed by atoms with van der Waals surface area (Å²) in [4.78, 5) is 31.2. The minimum absolute atomic E-state index is 0.0451. The second kappa shape index (κ2) is 9.98. The van der Waals surface area contributed by atoms with Crippen molar-refractivity contribution in [3.8, 4) is 0 Å². The van der Waals surface area contributed by atoms with Crippen molar-refractivity contribution >= 4 is 44.4 Å². The van der Waals surface area contributed by atoms with Gasteiger partial charge >= 0.3 is 15.9 Å². The Kier molecular flexibility index (Phi) is 7.56. The molecule has 2 aliphatic rings. The molecule has 2 aromatic rings. The first-order valence-electron chi connectivity index (χ1n) is 10.5. The molecule has 0 aromatic carbocycles. The molecule has 17 heteroatoms. The van der Waals surface area contributed by atoms with Crippen molar-refractivity contribution < 1.29 is 42.9 Å². The number of aliphatic hydroxyl groups excluding tert-OH is 1. The molecule has 6 atom stereocenters. The van der Waals surface area contributed by atoms with E-state index >= 15 is 0 Å². The van der Waals surface area contributed by atoms with Gasteiger partial charge in [-0.05, 0) is 31.4 Å². The number of anilines is 1. The van der Waals surface area contributed by atoms with Crippen molar-refractivity contribution in [2.24, 2.45) is 0 Å². The van der Waals surface area contributed by atoms with E-state index in [1.807, 2.05) is 0 Å². The lowest BCUT2D eigenvalue weighted by Crippen LogP contribution is -2.44. The third-order valence-electron chi connectivity index (χ3n) is 5.87. The Balaban J connectivity index is 1.55. The molecule has 3 heterocycles. The van der Waals surface area contributed by atoms with Gasteiger partial charge in [0, 0.05) is 10.6 Å². The predicted octanol–water partition coefficient (Wildman–Crippen LogP) is 1.67. The Morgan fingerprint density at radius 1 is 1.41 bits per heavy atom. The van der Waals surface area contributed by atoms with Crippen LogP contribution in [0, 0.1) is 0 Å². The lowest BCUT2D eigenvalue weighted by Gasteiger charge is -2.27. The third kappa shape index (κ3) is 5.41. The minimum Gasteiger partial charge on any atom is -0.387 e. The molecule has 1 aliphatic carbocycles. The highest BCUT2D eigenvalue weighted by molar-refractivity contribution is 7.53. The summed E-state index contributed by atoms with van der Waals surface area (Å²) in [7, 11) is -7.51. The summed E-state index contributed by atoms with van der Waals surface area (Å²) >= 11 is 6.14. The molecule has 188 valence electrons. The van der Waals surface area contributed by atoms with Gasteiger partial charge in [-0.3, -0.25) is 9.13 Å². The number of hydrogen-bond donors (Lipinski definition) is 5. The average molecular weight is 541 g/mol. The zero-order chi connectivity index (χ0) is 24.7. The van der Waals surface area contributed by atoms with Gasteiger partial charge in [-0.1, -0.05) is 12.8 Å². The molecular weight excluding hydrogens is 516 g/mol. The topological polar surface area (TPSA) is 198 Å². The van der Waals surface area contributed by atoms with E-state index in [1.54, 1.807) is 0 Å². The van der Waals surface area contributed by atoms with Gasteiger partial charge < -0.3 is 29.7 Å². The van der Waals surface area contributed by atoms with Crippen LogP contribution < -0.4 is 5.32 Å². The average Bonchev–Trinajstić information content (AvgIpc) is 3.46. The fourth-order valence-corrected chi connectivity index (χ4v) is 5.75. The molecule has 0 amide bonds. The summed E-state index contributed by atoms with van der Waals surface area (Å²) in [5.74, 6) is 0.446. The Labute approximate surface area is 199 Å². The molecular formula is C17H25ClN5O9P2+. The van der Waals surface area contributed by atoms with Gasteiger partial charge in [0.25, 0.3) is 0 Å². The largest absolute Gasteiger partial charge is 0.695 e. The molecule has 14 nitrogen and oxygen atoms in total. The molecule has 0 bridgehead atoms. The van der Waals surface area contributed by atoms with Gasteiger partial charge in [-0.2, -0.15) is 9.97 Å². The van der Waals surface area contributed by atoms with Crippen molar-refractivity contribution in [1.82, 2.24) is 19.5 Å². The maximum atomic E-state index is 12.0. The standard InChI is InChI=1S/C17H24ClN5O9P2/c1-17(25)12(24)10(6-31-34(28,29)8-30-33(26)27)32-15(17)23-7-19-11-13(20-9-4-2-3-5-9)21-16(18)22-14(11)23/h7,9-10,12,15,24-25H,2-6,8H2,1H3,(H2-,20,21,22,26,27,28,29)/p+1/t10-,12-,15-,17-/m1/s1. The normalized spacial score (nSPS) is 30.1. The molecule has 1 saturated carbocycles. The quantitative estimate of drug-likeness (QED) is 0.227. The molecule has 0 radical (unpaired) electrons. The van der Waals surface area contributed by atoms with Crippen LogP contribution in [0.3, 0.4) is 0 Å². The van der Waals surface area contributed by atoms with Crippen LogP contribution >= 0.6 is 27.5 Å². The first kappa shape index (κ1) is 25.8. The fraction of sp³-hybridized carbons (Fsp3) is 0.706. The van der Waals surface area contributed by atoms with Gasteiger partial charge in [0.2, 0.25) is 11.6 Å². The molecule has 2 aromatic heterocycles. The number of imidazole rings is 1. The Morgan fingerprint density at radius 3 is 2.79 bits per heavy atom. The van der Waals surface area contributed by atoms with Crippen molar-refractivity contribution in [3.63, 3.8) is 0 Å². The van der Waals surface area contributed by atoms with Crippen molar-refractivity contribution in [2.75, 3.05) is 18.3 Å². The minimum atomic E-state index is -4.42. The first-order chi connectivity index (χ1) is 16.0. The summed E-state index contributed by atoms with van der Waals surface area (Å²) in [6.07, 6.45) is 0.589. The van der Waals surface area contributed by atoms with E-state index < -0.39 is 52.8 Å². The Morgan fingerprint density at radius 2 is 2.12 bits per heavy atom. The Hall–Kier alpha value is -1.31. The third-order valence-corrected chi connectivity index (χ3v) is 7.60. The Bertz CT molecular complexity index is 1110. The molecule has 5 N–H and O–H groups in total. The lowest BCUT2D eigenvalue weighted by atomic mass is 9.96. The zero-order valence-electron chi connectivity index (χ0n) is 18.0. The van der Waals surface area contributed by atoms with Crippen LogP contribution in [0.15, 0.2) is 6.33 Å². The summed E-state index contributed by atoms with van der Waals surface area (Å²) < 4.78 is 38.8. The molecule has 4 rings (SSSR count). The van der Waals surface area contributed by atoms with E-state index in [4.69, 9.17) is 25.8 Å². The number of hydrogen-bond acceptors (Lipinski definition) is 11. The fourth-order valence-electron chi connectivity index (χ4n) is 4.15. The number of halogens is 1. The van der Waals surface area contributed by atoms with Gasteiger partial charge in [0.05, 0.1) is 12.9 Å². The monoisotopic (exact) mass is 540 g/mol. The molecule has 2 unspecified atom stereocenters. The van der Waals surface area contributed by atoms with Crippen LogP contribution in [0.25, 0.3) is 11.2 Å². The second-order valence-electron chi connectivity index (χ2n) is 8.42. The van der Waals surface area contributed by atoms with E-state index in [9.17, 15) is 24.2 Å². The van der Waals surface area contributed by atoms with E-state index in [0.717, 1.165) is 25.7 Å². The van der Waals surface area contributed by atoms with Crippen molar-refractivity contribution in [1.29, 1.82) is 0 Å². The summed E-state index contributed by atoms with van der Waals surface area (Å²) in [5.41, 5.74) is -1.21. The van der Waals surface area contributed by atoms with Gasteiger partial charge in [0.15, 0.2) is 23.2 Å². The van der Waals surface area contributed by atoms with Crippen molar-refractivity contribution in [3.05, 3.63) is 11.6 Å². The molecule has 0 spiro atoms. The summed E-state index contributed by atoms with van der Waals surface area (Å²) in [6.45, 7) is 0.719. The number of rotatable bonds is 9. The maximum absolute atomic E-state index is 12.0. The van der Waals surface area contributed by atoms with E-state index in [0.29, 0.717) is 11.3 Å². The summed E-state index contributed by atoms with van der Waals surface area (Å²) in [5, 5.41) is 24.9. The second-order valence-corrected chi connectivity index (χ2v) is 11.3. The highest BCUT2D eigenvalue weighted by Gasteiger charge is 2.54. The smallest absolute Gasteiger partial charge is 0.387 e. The number of ether oxygens (including phenoxy) is 1. The van der Waals surface area contributed by atoms with Crippen LogP contribution in [0.4, 0.5) is 5.82 Å². The van der Waals surface area contributed by atoms with E-state index in [2.05, 4.69) is 24.8 Å². The molecule has 34 heavy (non-hydrogen) atoms. The van der Waals surface area contributed by atoms with Crippen LogP contribution in [0.1, 0.15) is 38.8 Å². The number of nitrogens with zero attached hydrogens (tertiary/aromatic N) is 4. The van der Waals surface area contributed by atoms with Gasteiger partial charge in [-0.15, -0.1) is 9.42 Å². The molecule has 1 aliphatic heterocycles. The summed E-state index contributed by atoms with van der Waals surface area (Å²) in [6, 6.07) is 0.232. The van der Waals surface area contributed by atoms with E-state index in [-0.39, 0.29) is 17.0 Å². The number of nitrogens with one attached hydrogen (secondary N) is 1. The highest BCUT2D eigenvalue weighted by Crippen LogP contribution is 2.46. The number of fused-ring (bicyclic) bond motifs is 1. The molecule has 2 fully saturated rings. The van der Waals surface area contributed by atoms with Crippen LogP contribution in [0.5, 0.6) is 0 Å². The van der Waals surface area contributed by atoms with Crippen LogP contribution in [-0.2, 0) is 22.9 Å². The maximum Gasteiger partial charge on any atom is 0.695 e.